The Balaban J connectivity index is 2.19. The molecule has 0 aromatic heterocycles. The van der Waals surface area contributed by atoms with Gasteiger partial charge in [-0.3, -0.25) is 0 Å². The van der Waals surface area contributed by atoms with Crippen LogP contribution in [-0.4, -0.2) is 19.8 Å². The highest BCUT2D eigenvalue weighted by atomic mass is 16.5. The molecule has 3 nitrogen and oxygen atoms in total. The number of benzene rings is 1. The van der Waals surface area contributed by atoms with Gasteiger partial charge in [0.25, 0.3) is 0 Å². The Bertz CT molecular complexity index is 361. The lowest BCUT2D eigenvalue weighted by Crippen LogP contribution is -2.09. The van der Waals surface area contributed by atoms with E-state index >= 15 is 0 Å². The molecule has 0 amide bonds. The van der Waals surface area contributed by atoms with Gasteiger partial charge in [0.15, 0.2) is 11.5 Å². The molecule has 1 aromatic rings. The number of ether oxygens (including phenoxy) is 2. The highest BCUT2D eigenvalue weighted by Crippen LogP contribution is 2.35. The summed E-state index contributed by atoms with van der Waals surface area (Å²) in [5, 5.41) is 0. The molecule has 0 bridgehead atoms. The number of hydrogen-bond donors (Lipinski definition) is 1. The van der Waals surface area contributed by atoms with Gasteiger partial charge in [0.05, 0.1) is 13.2 Å². The van der Waals surface area contributed by atoms with E-state index in [1.54, 1.807) is 7.11 Å². The third-order valence-electron chi connectivity index (χ3n) is 2.93. The van der Waals surface area contributed by atoms with Crippen molar-refractivity contribution in [2.45, 2.75) is 31.8 Å². The third-order valence-corrected chi connectivity index (χ3v) is 2.93. The van der Waals surface area contributed by atoms with Crippen LogP contribution < -0.4 is 15.2 Å². The summed E-state index contributed by atoms with van der Waals surface area (Å²) in [6.45, 7) is 2.75. The van der Waals surface area contributed by atoms with Crippen LogP contribution >= 0.6 is 0 Å². The molecule has 0 heterocycles. The third kappa shape index (κ3) is 2.47. The Labute approximate surface area is 96.5 Å². The molecule has 2 N–H and O–H groups in total. The van der Waals surface area contributed by atoms with Gasteiger partial charge in [-0.15, -0.1) is 0 Å². The summed E-state index contributed by atoms with van der Waals surface area (Å²) in [6, 6.07) is 6.08. The van der Waals surface area contributed by atoms with Gasteiger partial charge in [-0.2, -0.15) is 0 Å². The van der Waals surface area contributed by atoms with Gasteiger partial charge in [-0.05, 0) is 43.0 Å². The monoisotopic (exact) mass is 221 g/mol. The maximum absolute atomic E-state index is 5.76. The highest BCUT2D eigenvalue weighted by molar-refractivity contribution is 5.44. The van der Waals surface area contributed by atoms with Crippen LogP contribution in [0.2, 0.25) is 0 Å². The molecule has 1 atom stereocenters. The molecule has 1 aromatic carbocycles. The number of hydrogen-bond acceptors (Lipinski definition) is 3. The summed E-state index contributed by atoms with van der Waals surface area (Å²) in [5.74, 6) is 2.01. The Morgan fingerprint density at radius 2 is 2.12 bits per heavy atom. The first-order valence-electron chi connectivity index (χ1n) is 5.79. The van der Waals surface area contributed by atoms with E-state index in [-0.39, 0.29) is 0 Å². The molecule has 0 spiro atoms. The standard InChI is InChI=1S/C13H19NO2/c1-9(8-14)10-3-6-12(13(7-10)15-2)16-11-4-5-11/h3,6-7,9,11H,4-5,8,14H2,1-2H3. The Morgan fingerprint density at radius 1 is 1.38 bits per heavy atom. The van der Waals surface area contributed by atoms with Gasteiger partial charge in [-0.25, -0.2) is 0 Å². The lowest BCUT2D eigenvalue weighted by molar-refractivity contribution is 0.282. The second-order valence-electron chi connectivity index (χ2n) is 4.36. The first kappa shape index (κ1) is 11.3. The zero-order valence-electron chi connectivity index (χ0n) is 9.90. The van der Waals surface area contributed by atoms with Crippen LogP contribution in [-0.2, 0) is 0 Å². The van der Waals surface area contributed by atoms with Crippen molar-refractivity contribution in [1.29, 1.82) is 0 Å². The maximum atomic E-state index is 5.76. The first-order valence-corrected chi connectivity index (χ1v) is 5.79. The molecule has 16 heavy (non-hydrogen) atoms. The predicted octanol–water partition coefficient (Wildman–Crippen LogP) is 2.30. The summed E-state index contributed by atoms with van der Waals surface area (Å²) in [5.41, 5.74) is 6.85. The fourth-order valence-corrected chi connectivity index (χ4v) is 1.59. The van der Waals surface area contributed by atoms with E-state index in [1.807, 2.05) is 12.1 Å². The largest absolute Gasteiger partial charge is 0.493 e. The van der Waals surface area contributed by atoms with Crippen molar-refractivity contribution in [3.63, 3.8) is 0 Å². The van der Waals surface area contributed by atoms with E-state index in [2.05, 4.69) is 13.0 Å². The van der Waals surface area contributed by atoms with Crippen molar-refractivity contribution in [3.05, 3.63) is 23.8 Å². The van der Waals surface area contributed by atoms with Gasteiger partial charge < -0.3 is 15.2 Å². The van der Waals surface area contributed by atoms with Crippen LogP contribution in [0, 0.1) is 0 Å². The summed E-state index contributed by atoms with van der Waals surface area (Å²) < 4.78 is 11.1. The van der Waals surface area contributed by atoms with Crippen LogP contribution in [0.5, 0.6) is 11.5 Å². The lowest BCUT2D eigenvalue weighted by Gasteiger charge is -2.14. The average Bonchev–Trinajstić information content (AvgIpc) is 3.12. The molecule has 1 saturated carbocycles. The SMILES string of the molecule is COc1cc(C(C)CN)ccc1OC1CC1. The van der Waals surface area contributed by atoms with Crippen LogP contribution in [0.4, 0.5) is 0 Å². The van der Waals surface area contributed by atoms with Crippen LogP contribution in [0.25, 0.3) is 0 Å². The molecule has 1 aliphatic carbocycles. The molecule has 1 aliphatic rings. The first-order chi connectivity index (χ1) is 7.74. The van der Waals surface area contributed by atoms with Crippen molar-refractivity contribution in [3.8, 4) is 11.5 Å². The van der Waals surface area contributed by atoms with Gasteiger partial charge >= 0.3 is 0 Å². The molecular weight excluding hydrogens is 202 g/mol. The summed E-state index contributed by atoms with van der Waals surface area (Å²) in [4.78, 5) is 0. The Kier molecular flexibility index (Phi) is 3.34. The summed E-state index contributed by atoms with van der Waals surface area (Å²) in [7, 11) is 1.67. The van der Waals surface area contributed by atoms with Crippen LogP contribution in [0.3, 0.4) is 0 Å². The molecule has 1 fully saturated rings. The van der Waals surface area contributed by atoms with E-state index in [0.29, 0.717) is 18.6 Å². The molecular formula is C13H19NO2. The zero-order chi connectivity index (χ0) is 11.5. The van der Waals surface area contributed by atoms with Crippen LogP contribution in [0.15, 0.2) is 18.2 Å². The fraction of sp³-hybridized carbons (Fsp3) is 0.538. The van der Waals surface area contributed by atoms with Gasteiger partial charge in [0.2, 0.25) is 0 Å². The number of methoxy groups -OCH3 is 1. The minimum Gasteiger partial charge on any atom is -0.493 e. The van der Waals surface area contributed by atoms with E-state index in [9.17, 15) is 0 Å². The molecule has 0 aliphatic heterocycles. The molecule has 1 unspecified atom stereocenters. The smallest absolute Gasteiger partial charge is 0.161 e. The normalized spacial score (nSPS) is 16.9. The molecule has 2 rings (SSSR count). The van der Waals surface area contributed by atoms with Gasteiger partial charge in [-0.1, -0.05) is 13.0 Å². The number of nitrogens with two attached hydrogens (primary N) is 1. The zero-order valence-corrected chi connectivity index (χ0v) is 9.90. The highest BCUT2D eigenvalue weighted by Gasteiger charge is 2.25. The van der Waals surface area contributed by atoms with Crippen molar-refractivity contribution in [2.75, 3.05) is 13.7 Å². The van der Waals surface area contributed by atoms with Crippen molar-refractivity contribution in [2.24, 2.45) is 5.73 Å². The van der Waals surface area contributed by atoms with Gasteiger partial charge in [0, 0.05) is 0 Å². The maximum Gasteiger partial charge on any atom is 0.161 e. The molecule has 0 radical (unpaired) electrons. The molecule has 0 saturated heterocycles. The van der Waals surface area contributed by atoms with Gasteiger partial charge in [0.1, 0.15) is 0 Å². The second kappa shape index (κ2) is 4.74. The average molecular weight is 221 g/mol. The van der Waals surface area contributed by atoms with Crippen molar-refractivity contribution in [1.82, 2.24) is 0 Å². The van der Waals surface area contributed by atoms with E-state index in [1.165, 1.54) is 5.56 Å². The summed E-state index contributed by atoms with van der Waals surface area (Å²) >= 11 is 0. The minimum absolute atomic E-state index is 0.351. The summed E-state index contributed by atoms with van der Waals surface area (Å²) in [6.07, 6.45) is 2.71. The molecule has 3 heteroatoms. The fourth-order valence-electron chi connectivity index (χ4n) is 1.59. The molecule has 88 valence electrons. The second-order valence-corrected chi connectivity index (χ2v) is 4.36. The van der Waals surface area contributed by atoms with Crippen molar-refractivity contribution < 1.29 is 9.47 Å². The van der Waals surface area contributed by atoms with E-state index in [0.717, 1.165) is 24.3 Å². The Hall–Kier alpha value is -1.22. The predicted molar refractivity (Wildman–Crippen MR) is 64.1 cm³/mol. The lowest BCUT2D eigenvalue weighted by atomic mass is 10.0. The number of rotatable bonds is 5. The Morgan fingerprint density at radius 3 is 2.69 bits per heavy atom. The minimum atomic E-state index is 0.351. The van der Waals surface area contributed by atoms with Crippen molar-refractivity contribution >= 4 is 0 Å². The topological polar surface area (TPSA) is 44.5 Å². The quantitative estimate of drug-likeness (QED) is 0.829. The van der Waals surface area contributed by atoms with E-state index in [4.69, 9.17) is 15.2 Å². The van der Waals surface area contributed by atoms with E-state index < -0.39 is 0 Å². The van der Waals surface area contributed by atoms with Crippen LogP contribution in [0.1, 0.15) is 31.2 Å².